The average Bonchev–Trinajstić information content (AvgIpc) is 3.02. The first kappa shape index (κ1) is 20.1. The molecule has 0 aliphatic carbocycles. The maximum Gasteiger partial charge on any atom is 0.323 e. The van der Waals surface area contributed by atoms with Crippen molar-refractivity contribution < 1.29 is 19.1 Å². The topological polar surface area (TPSA) is 55.8 Å². The Labute approximate surface area is 133 Å². The normalized spacial score (nSPS) is 16.5. The molecule has 1 aliphatic heterocycles. The van der Waals surface area contributed by atoms with Crippen molar-refractivity contribution in [2.45, 2.75) is 39.3 Å². The van der Waals surface area contributed by atoms with Gasteiger partial charge in [-0.2, -0.15) is 0 Å². The van der Waals surface area contributed by atoms with Gasteiger partial charge in [0.1, 0.15) is 12.6 Å². The first-order valence-corrected chi connectivity index (χ1v) is 7.56. The zero-order chi connectivity index (χ0) is 16.8. The van der Waals surface area contributed by atoms with E-state index in [0.29, 0.717) is 13.1 Å². The molecule has 5 heteroatoms. The minimum Gasteiger partial charge on any atom is -0.468 e. The summed E-state index contributed by atoms with van der Waals surface area (Å²) in [5, 5.41) is 0. The van der Waals surface area contributed by atoms with E-state index in [1.807, 2.05) is 56.1 Å². The van der Waals surface area contributed by atoms with E-state index in [0.717, 1.165) is 24.9 Å². The molecule has 1 unspecified atom stereocenters. The van der Waals surface area contributed by atoms with E-state index >= 15 is 0 Å². The average molecular weight is 309 g/mol. The fraction of sp³-hybridized carbons (Fsp3) is 0.529. The first-order chi connectivity index (χ1) is 10.7. The number of hydrogen-bond donors (Lipinski definition) is 0. The van der Waals surface area contributed by atoms with Crippen LogP contribution in [0.4, 0.5) is 0 Å². The lowest BCUT2D eigenvalue weighted by Gasteiger charge is -2.15. The smallest absolute Gasteiger partial charge is 0.323 e. The summed E-state index contributed by atoms with van der Waals surface area (Å²) in [7, 11) is 3.39. The Bertz CT molecular complexity index is 408. The van der Waals surface area contributed by atoms with Gasteiger partial charge in [-0.25, -0.2) is 0 Å². The van der Waals surface area contributed by atoms with Crippen LogP contribution in [-0.2, 0) is 25.7 Å². The van der Waals surface area contributed by atoms with E-state index in [1.54, 1.807) is 0 Å². The molecular weight excluding hydrogens is 282 g/mol. The molecule has 1 atom stereocenters. The molecule has 0 amide bonds. The molecule has 1 heterocycles. The highest BCUT2D eigenvalue weighted by molar-refractivity contribution is 5.75. The van der Waals surface area contributed by atoms with E-state index in [1.165, 1.54) is 7.11 Å². The van der Waals surface area contributed by atoms with Gasteiger partial charge in [0.25, 0.3) is 6.47 Å². The van der Waals surface area contributed by atoms with Crippen molar-refractivity contribution in [3.63, 3.8) is 0 Å². The summed E-state index contributed by atoms with van der Waals surface area (Å²) in [5.74, 6) is -0.0972. The minimum atomic E-state index is -0.0972. The fourth-order valence-corrected chi connectivity index (χ4v) is 2.05. The maximum absolute atomic E-state index is 11.0. The second-order valence-electron chi connectivity index (χ2n) is 4.55. The van der Waals surface area contributed by atoms with E-state index in [4.69, 9.17) is 0 Å². The van der Waals surface area contributed by atoms with Crippen LogP contribution in [0.25, 0.3) is 0 Å². The van der Waals surface area contributed by atoms with E-state index in [9.17, 15) is 9.59 Å². The molecule has 1 aromatic carbocycles. The number of rotatable bonds is 4. The largest absolute Gasteiger partial charge is 0.468 e. The third kappa shape index (κ3) is 7.78. The predicted octanol–water partition coefficient (Wildman–Crippen LogP) is 2.64. The molecule has 0 saturated carbocycles. The molecular formula is C17H27NO4. The maximum atomic E-state index is 11.0. The lowest BCUT2D eigenvalue weighted by molar-refractivity contribution is -0.145. The van der Waals surface area contributed by atoms with Crippen LogP contribution in [0.2, 0.25) is 0 Å². The number of hydrogen-bond acceptors (Lipinski definition) is 5. The Morgan fingerprint density at radius 3 is 2.41 bits per heavy atom. The van der Waals surface area contributed by atoms with Crippen molar-refractivity contribution in [1.29, 1.82) is 0 Å². The molecule has 1 aromatic rings. The van der Waals surface area contributed by atoms with Crippen molar-refractivity contribution in [3.8, 4) is 0 Å². The van der Waals surface area contributed by atoms with Crippen molar-refractivity contribution in [2.24, 2.45) is 0 Å². The zero-order valence-electron chi connectivity index (χ0n) is 14.0. The number of carbonyl (C=O) groups excluding carboxylic acids is 2. The summed E-state index contributed by atoms with van der Waals surface area (Å²) >= 11 is 0. The summed E-state index contributed by atoms with van der Waals surface area (Å²) in [6, 6.07) is 9.56. The fourth-order valence-electron chi connectivity index (χ4n) is 2.05. The molecule has 0 N–H and O–H groups in total. The number of likely N-dealkylation sites (tertiary alicyclic amines) is 1. The highest BCUT2D eigenvalue weighted by Gasteiger charge is 2.27. The van der Waals surface area contributed by atoms with Gasteiger partial charge in [0.15, 0.2) is 0 Å². The van der Waals surface area contributed by atoms with Gasteiger partial charge in [0.05, 0.1) is 7.11 Å². The number of ether oxygens (including phenoxy) is 2. The van der Waals surface area contributed by atoms with Crippen molar-refractivity contribution >= 4 is 12.4 Å². The summed E-state index contributed by atoms with van der Waals surface area (Å²) in [6.07, 6.45) is 2.06. The van der Waals surface area contributed by atoms with Gasteiger partial charge >= 0.3 is 5.97 Å². The first-order valence-electron chi connectivity index (χ1n) is 7.56. The predicted molar refractivity (Wildman–Crippen MR) is 86.3 cm³/mol. The molecule has 2 rings (SSSR count). The van der Waals surface area contributed by atoms with Gasteiger partial charge in [-0.15, -0.1) is 0 Å². The van der Waals surface area contributed by atoms with Gasteiger partial charge in [-0.3, -0.25) is 14.5 Å². The number of carbonyl (C=O) groups is 2. The third-order valence-corrected chi connectivity index (χ3v) is 3.15. The van der Waals surface area contributed by atoms with Crippen LogP contribution in [0.3, 0.4) is 0 Å². The minimum absolute atomic E-state index is 0.0185. The van der Waals surface area contributed by atoms with Gasteiger partial charge in [0, 0.05) is 0 Å². The zero-order valence-corrected chi connectivity index (χ0v) is 14.0. The van der Waals surface area contributed by atoms with Crippen LogP contribution >= 0.6 is 0 Å². The Kier molecular flexibility index (Phi) is 11.7. The highest BCUT2D eigenvalue weighted by atomic mass is 16.5. The second kappa shape index (κ2) is 12.8. The van der Waals surface area contributed by atoms with E-state index in [2.05, 4.69) is 9.47 Å². The van der Waals surface area contributed by atoms with E-state index < -0.39 is 0 Å². The molecule has 1 fully saturated rings. The van der Waals surface area contributed by atoms with Crippen LogP contribution in [0.15, 0.2) is 30.3 Å². The molecule has 22 heavy (non-hydrogen) atoms. The Morgan fingerprint density at radius 2 is 1.95 bits per heavy atom. The Hall–Kier alpha value is -1.88. The number of likely N-dealkylation sites (N-methyl/N-ethyl adjacent to an activating group) is 1. The SMILES string of the molecule is CC.COC(=O)C1CCCN1C.O=COCc1ccccc1. The van der Waals surface area contributed by atoms with Crippen LogP contribution in [0.5, 0.6) is 0 Å². The van der Waals surface area contributed by atoms with Crippen molar-refractivity contribution in [1.82, 2.24) is 4.90 Å². The summed E-state index contributed by atoms with van der Waals surface area (Å²) in [5.41, 5.74) is 1.01. The number of nitrogens with zero attached hydrogens (tertiary/aromatic N) is 1. The summed E-state index contributed by atoms with van der Waals surface area (Å²) in [6.45, 7) is 5.83. The van der Waals surface area contributed by atoms with Crippen LogP contribution in [0.1, 0.15) is 32.3 Å². The second-order valence-corrected chi connectivity index (χ2v) is 4.55. The monoisotopic (exact) mass is 309 g/mol. The Balaban J connectivity index is 0.000000360. The molecule has 0 bridgehead atoms. The lowest BCUT2D eigenvalue weighted by Crippen LogP contribution is -2.33. The standard InChI is InChI=1S/C8H8O2.C7H13NO2.C2H6/c9-7-10-6-8-4-2-1-3-5-8;1-8-5-3-4-6(8)7(9)10-2;1-2/h1-5,7H,6H2;6H,3-5H2,1-2H3;1-2H3. The van der Waals surface area contributed by atoms with Crippen LogP contribution < -0.4 is 0 Å². The third-order valence-electron chi connectivity index (χ3n) is 3.15. The van der Waals surface area contributed by atoms with Crippen LogP contribution in [0, 0.1) is 0 Å². The van der Waals surface area contributed by atoms with Crippen LogP contribution in [-0.4, -0.2) is 44.1 Å². The molecule has 5 nitrogen and oxygen atoms in total. The molecule has 0 radical (unpaired) electrons. The highest BCUT2D eigenvalue weighted by Crippen LogP contribution is 2.15. The van der Waals surface area contributed by atoms with Crippen molar-refractivity contribution in [2.75, 3.05) is 20.7 Å². The van der Waals surface area contributed by atoms with E-state index in [-0.39, 0.29) is 12.0 Å². The van der Waals surface area contributed by atoms with Gasteiger partial charge < -0.3 is 9.47 Å². The Morgan fingerprint density at radius 1 is 1.32 bits per heavy atom. The number of esters is 1. The number of methoxy groups -OCH3 is 1. The van der Waals surface area contributed by atoms with Gasteiger partial charge in [-0.1, -0.05) is 44.2 Å². The molecule has 0 spiro atoms. The van der Waals surface area contributed by atoms with Gasteiger partial charge in [-0.05, 0) is 32.0 Å². The lowest BCUT2D eigenvalue weighted by atomic mass is 10.2. The summed E-state index contributed by atoms with van der Waals surface area (Å²) in [4.78, 5) is 22.8. The molecule has 124 valence electrons. The molecule has 1 aliphatic rings. The summed E-state index contributed by atoms with van der Waals surface area (Å²) < 4.78 is 9.16. The quantitative estimate of drug-likeness (QED) is 0.632. The number of benzene rings is 1. The van der Waals surface area contributed by atoms with Gasteiger partial charge in [0.2, 0.25) is 0 Å². The van der Waals surface area contributed by atoms with Crippen molar-refractivity contribution in [3.05, 3.63) is 35.9 Å². The molecule has 0 aromatic heterocycles. The molecule has 1 saturated heterocycles.